The molecule has 1 aromatic carbocycles. The summed E-state index contributed by atoms with van der Waals surface area (Å²) in [5.74, 6) is 2.95. The maximum absolute atomic E-state index is 9.72. The number of halogens is 1. The van der Waals surface area contributed by atoms with Crippen molar-refractivity contribution in [2.45, 2.75) is 15.3 Å². The first kappa shape index (κ1) is 18.2. The third kappa shape index (κ3) is 3.97. The third-order valence-electron chi connectivity index (χ3n) is 3.12. The Kier molecular flexibility index (Phi) is 5.74. The van der Waals surface area contributed by atoms with Gasteiger partial charge in [-0.3, -0.25) is 0 Å². The van der Waals surface area contributed by atoms with Crippen LogP contribution < -0.4 is 0 Å². The minimum Gasteiger partial charge on any atom is -0.223 e. The molecule has 0 saturated heterocycles. The van der Waals surface area contributed by atoms with Crippen molar-refractivity contribution >= 4 is 35.1 Å². The second-order valence-electron chi connectivity index (χ2n) is 4.84. The number of terminal acetylenes is 1. The van der Waals surface area contributed by atoms with Gasteiger partial charge in [0.25, 0.3) is 0 Å². The van der Waals surface area contributed by atoms with Crippen LogP contribution in [0.1, 0.15) is 5.56 Å². The van der Waals surface area contributed by atoms with E-state index in [0.29, 0.717) is 37.4 Å². The number of tetrazole rings is 1. The number of nitrogens with zero attached hydrogens (tertiary/aromatic N) is 7. The van der Waals surface area contributed by atoms with E-state index >= 15 is 0 Å². The van der Waals surface area contributed by atoms with Crippen LogP contribution in [0.5, 0.6) is 0 Å². The Morgan fingerprint density at radius 3 is 2.85 bits per heavy atom. The molecule has 7 nitrogen and oxygen atoms in total. The van der Waals surface area contributed by atoms with Crippen molar-refractivity contribution in [2.75, 3.05) is 5.75 Å². The Bertz CT molecular complexity index is 1040. The molecule has 0 aliphatic carbocycles. The summed E-state index contributed by atoms with van der Waals surface area (Å²) in [6, 6.07) is 9.32. The van der Waals surface area contributed by atoms with Gasteiger partial charge < -0.3 is 0 Å². The SMILES string of the molecule is C#CCSc1nc(Sc2nnnn2C)c(C#N)c(-c2cccc(Cl)c2)n1. The standard InChI is InChI=1S/C16H10ClN7S2/c1-3-7-25-15-19-13(10-5-4-6-11(17)8-10)12(9-18)14(20-15)26-16-21-22-23-24(16)2/h1,4-6,8H,7H2,2H3. The molecule has 128 valence electrons. The van der Waals surface area contributed by atoms with E-state index in [-0.39, 0.29) is 0 Å². The number of benzene rings is 1. The predicted molar refractivity (Wildman–Crippen MR) is 99.7 cm³/mol. The van der Waals surface area contributed by atoms with E-state index in [1.54, 1.807) is 25.2 Å². The van der Waals surface area contributed by atoms with Crippen LogP contribution in [-0.2, 0) is 7.05 Å². The molecule has 0 aliphatic heterocycles. The monoisotopic (exact) mass is 399 g/mol. The fourth-order valence-electron chi connectivity index (χ4n) is 2.00. The fraction of sp³-hybridized carbons (Fsp3) is 0.125. The van der Waals surface area contributed by atoms with E-state index in [1.165, 1.54) is 28.2 Å². The second kappa shape index (κ2) is 8.19. The van der Waals surface area contributed by atoms with Crippen LogP contribution in [0.2, 0.25) is 5.02 Å². The smallest absolute Gasteiger partial charge is 0.215 e. The van der Waals surface area contributed by atoms with Gasteiger partial charge in [0.15, 0.2) is 5.16 Å². The van der Waals surface area contributed by atoms with Crippen LogP contribution >= 0.6 is 35.1 Å². The highest BCUT2D eigenvalue weighted by molar-refractivity contribution is 7.99. The number of hydrogen-bond donors (Lipinski definition) is 0. The van der Waals surface area contributed by atoms with Gasteiger partial charge in [-0.05, 0) is 34.3 Å². The molecule has 3 aromatic rings. The lowest BCUT2D eigenvalue weighted by atomic mass is 10.1. The molecule has 26 heavy (non-hydrogen) atoms. The summed E-state index contributed by atoms with van der Waals surface area (Å²) in [6.07, 6.45) is 5.34. The van der Waals surface area contributed by atoms with Gasteiger partial charge in [0.2, 0.25) is 5.16 Å². The molecule has 0 fully saturated rings. The van der Waals surface area contributed by atoms with Crippen LogP contribution in [-0.4, -0.2) is 35.9 Å². The van der Waals surface area contributed by atoms with Gasteiger partial charge in [-0.2, -0.15) is 5.26 Å². The summed E-state index contributed by atoms with van der Waals surface area (Å²) in [6.45, 7) is 0. The number of nitriles is 1. The average Bonchev–Trinajstić information content (AvgIpc) is 3.04. The topological polar surface area (TPSA) is 93.2 Å². The molecule has 3 rings (SSSR count). The second-order valence-corrected chi connectivity index (χ2v) is 7.17. The zero-order valence-electron chi connectivity index (χ0n) is 13.4. The van der Waals surface area contributed by atoms with E-state index < -0.39 is 0 Å². The largest absolute Gasteiger partial charge is 0.223 e. The van der Waals surface area contributed by atoms with Crippen molar-refractivity contribution in [1.82, 2.24) is 30.2 Å². The first-order valence-electron chi connectivity index (χ1n) is 7.17. The lowest BCUT2D eigenvalue weighted by Crippen LogP contribution is -2.01. The molecule has 0 N–H and O–H groups in total. The third-order valence-corrected chi connectivity index (χ3v) is 5.12. The van der Waals surface area contributed by atoms with Gasteiger partial charge in [0.1, 0.15) is 16.7 Å². The number of aryl methyl sites for hydroxylation is 1. The van der Waals surface area contributed by atoms with Crippen LogP contribution in [0.4, 0.5) is 0 Å². The number of thioether (sulfide) groups is 1. The molecular weight excluding hydrogens is 390 g/mol. The lowest BCUT2D eigenvalue weighted by molar-refractivity contribution is 0.664. The van der Waals surface area contributed by atoms with Gasteiger partial charge in [-0.25, -0.2) is 14.6 Å². The maximum Gasteiger partial charge on any atom is 0.215 e. The highest BCUT2D eigenvalue weighted by Gasteiger charge is 2.19. The van der Waals surface area contributed by atoms with Gasteiger partial charge >= 0.3 is 0 Å². The first-order chi connectivity index (χ1) is 12.6. The van der Waals surface area contributed by atoms with Crippen molar-refractivity contribution in [3.8, 4) is 29.7 Å². The molecule has 10 heteroatoms. The Balaban J connectivity index is 2.16. The van der Waals surface area contributed by atoms with Gasteiger partial charge in [0.05, 0.1) is 11.4 Å². The van der Waals surface area contributed by atoms with E-state index in [1.807, 2.05) is 6.07 Å². The summed E-state index contributed by atoms with van der Waals surface area (Å²) in [4.78, 5) is 8.97. The summed E-state index contributed by atoms with van der Waals surface area (Å²) in [5, 5.41) is 23.0. The summed E-state index contributed by atoms with van der Waals surface area (Å²) in [7, 11) is 1.71. The molecule has 0 amide bonds. The summed E-state index contributed by atoms with van der Waals surface area (Å²) < 4.78 is 1.50. The molecule has 0 saturated carbocycles. The first-order valence-corrected chi connectivity index (χ1v) is 9.35. The average molecular weight is 400 g/mol. The Morgan fingerprint density at radius 2 is 2.19 bits per heavy atom. The van der Waals surface area contributed by atoms with E-state index in [0.717, 1.165) is 5.56 Å². The predicted octanol–water partition coefficient (Wildman–Crippen LogP) is 3.07. The highest BCUT2D eigenvalue weighted by atomic mass is 35.5. The van der Waals surface area contributed by atoms with Crippen molar-refractivity contribution in [3.05, 3.63) is 34.9 Å². The minimum absolute atomic E-state index is 0.324. The number of hydrogen-bond acceptors (Lipinski definition) is 8. The quantitative estimate of drug-likeness (QED) is 0.279. The van der Waals surface area contributed by atoms with E-state index in [9.17, 15) is 5.26 Å². The summed E-state index contributed by atoms with van der Waals surface area (Å²) in [5.41, 5.74) is 1.53. The number of rotatable bonds is 5. The molecule has 0 spiro atoms. The van der Waals surface area contributed by atoms with Crippen molar-refractivity contribution in [3.63, 3.8) is 0 Å². The molecule has 2 aromatic heterocycles. The molecular formula is C16H10ClN7S2. The number of aromatic nitrogens is 6. The lowest BCUT2D eigenvalue weighted by Gasteiger charge is -2.10. The van der Waals surface area contributed by atoms with E-state index in [4.69, 9.17) is 18.0 Å². The van der Waals surface area contributed by atoms with Crippen LogP contribution in [0.3, 0.4) is 0 Å². The van der Waals surface area contributed by atoms with Crippen molar-refractivity contribution in [1.29, 1.82) is 5.26 Å². The van der Waals surface area contributed by atoms with Gasteiger partial charge in [-0.1, -0.05) is 41.4 Å². The minimum atomic E-state index is 0.324. The Morgan fingerprint density at radius 1 is 1.35 bits per heavy atom. The molecule has 0 bridgehead atoms. The highest BCUT2D eigenvalue weighted by Crippen LogP contribution is 2.34. The normalized spacial score (nSPS) is 10.3. The van der Waals surface area contributed by atoms with Crippen LogP contribution in [0.25, 0.3) is 11.3 Å². The van der Waals surface area contributed by atoms with Gasteiger partial charge in [0, 0.05) is 17.6 Å². The zero-order chi connectivity index (χ0) is 18.5. The van der Waals surface area contributed by atoms with Crippen molar-refractivity contribution in [2.24, 2.45) is 7.05 Å². The fourth-order valence-corrected chi connectivity index (χ4v) is 3.57. The molecule has 2 heterocycles. The Labute approximate surface area is 163 Å². The summed E-state index contributed by atoms with van der Waals surface area (Å²) >= 11 is 8.60. The Hall–Kier alpha value is -2.59. The zero-order valence-corrected chi connectivity index (χ0v) is 15.8. The van der Waals surface area contributed by atoms with E-state index in [2.05, 4.69) is 37.5 Å². The van der Waals surface area contributed by atoms with Gasteiger partial charge in [-0.15, -0.1) is 11.5 Å². The molecule has 0 unspecified atom stereocenters. The molecule has 0 radical (unpaired) electrons. The molecule has 0 aliphatic rings. The van der Waals surface area contributed by atoms with Crippen LogP contribution in [0.15, 0.2) is 39.6 Å². The van der Waals surface area contributed by atoms with Crippen LogP contribution in [0, 0.1) is 23.7 Å². The van der Waals surface area contributed by atoms with Crippen molar-refractivity contribution < 1.29 is 0 Å². The maximum atomic E-state index is 9.72. The molecule has 0 atom stereocenters.